The van der Waals surface area contributed by atoms with E-state index in [0.29, 0.717) is 12.8 Å². The summed E-state index contributed by atoms with van der Waals surface area (Å²) in [5, 5.41) is 0. The number of Topliss-reactive ketones (excluding diaryl/α,β-unsaturated/α-hetero) is 1. The van der Waals surface area contributed by atoms with E-state index < -0.39 is 21.6 Å². The molecule has 0 spiro atoms. The summed E-state index contributed by atoms with van der Waals surface area (Å²) in [5.74, 6) is -1.08. The van der Waals surface area contributed by atoms with Crippen molar-refractivity contribution in [3.05, 3.63) is 24.4 Å². The molecule has 0 fully saturated rings. The van der Waals surface area contributed by atoms with Gasteiger partial charge in [-0.2, -0.15) is 0 Å². The average molecular weight is 327 g/mol. The van der Waals surface area contributed by atoms with Crippen LogP contribution in [0.4, 0.5) is 4.79 Å². The van der Waals surface area contributed by atoms with Crippen LogP contribution in [-0.4, -0.2) is 34.2 Å². The summed E-state index contributed by atoms with van der Waals surface area (Å²) in [6, 6.07) is 0. The minimum absolute atomic E-state index is 0.138. The van der Waals surface area contributed by atoms with E-state index in [0.717, 1.165) is 5.70 Å². The maximum atomic E-state index is 11.9. The number of ketones is 1. The molecule has 1 unspecified atom stereocenters. The summed E-state index contributed by atoms with van der Waals surface area (Å²) in [6.07, 6.45) is 3.81. The Balaban J connectivity index is 2.93. The lowest BCUT2D eigenvalue weighted by molar-refractivity contribution is -0.122. The zero-order valence-electron chi connectivity index (χ0n) is 10.4. The number of allylic oxidation sites excluding steroid dienone is 2. The van der Waals surface area contributed by atoms with Gasteiger partial charge < -0.3 is 4.74 Å². The molecule has 0 N–H and O–H groups in total. The molecular formula is C12H14Cl3NO3. The van der Waals surface area contributed by atoms with E-state index in [1.165, 1.54) is 12.0 Å². The zero-order chi connectivity index (χ0) is 14.6. The summed E-state index contributed by atoms with van der Waals surface area (Å²) in [4.78, 5) is 25.0. The number of amides is 1. The lowest BCUT2D eigenvalue weighted by atomic mass is 9.95. The van der Waals surface area contributed by atoms with Gasteiger partial charge in [0.25, 0.3) is 0 Å². The van der Waals surface area contributed by atoms with Crippen molar-refractivity contribution in [1.29, 1.82) is 0 Å². The first-order valence-corrected chi connectivity index (χ1v) is 6.71. The van der Waals surface area contributed by atoms with Gasteiger partial charge in [0.2, 0.25) is 3.79 Å². The maximum absolute atomic E-state index is 11.9. The van der Waals surface area contributed by atoms with Gasteiger partial charge in [-0.3, -0.25) is 9.69 Å². The number of hydrogen-bond acceptors (Lipinski definition) is 3. The van der Waals surface area contributed by atoms with Gasteiger partial charge in [0, 0.05) is 24.6 Å². The molecular weight excluding hydrogens is 312 g/mol. The van der Waals surface area contributed by atoms with E-state index in [1.54, 1.807) is 12.2 Å². The maximum Gasteiger partial charge on any atom is 0.413 e. The smallest absolute Gasteiger partial charge is 0.413 e. The monoisotopic (exact) mass is 325 g/mol. The van der Waals surface area contributed by atoms with E-state index in [-0.39, 0.29) is 6.54 Å². The quantitative estimate of drug-likeness (QED) is 0.589. The standard InChI is InChI=1S/C12H14Cl3NO3/c1-3-4-9-6-5-8(10(17)12(13,14)15)7-16(9)11(18)19-2/h3,6,8H,1,4-5,7H2,2H3. The number of alkyl halides is 3. The van der Waals surface area contributed by atoms with Crippen LogP contribution in [0, 0.1) is 5.92 Å². The van der Waals surface area contributed by atoms with Crippen LogP contribution in [0.25, 0.3) is 0 Å². The molecule has 106 valence electrons. The van der Waals surface area contributed by atoms with Crippen LogP contribution < -0.4 is 0 Å². The van der Waals surface area contributed by atoms with Crippen molar-refractivity contribution in [3.63, 3.8) is 0 Å². The van der Waals surface area contributed by atoms with Crippen molar-refractivity contribution in [1.82, 2.24) is 4.90 Å². The molecule has 1 aliphatic heterocycles. The molecule has 7 heteroatoms. The topological polar surface area (TPSA) is 46.6 Å². The predicted molar refractivity (Wildman–Crippen MR) is 75.4 cm³/mol. The Hall–Kier alpha value is -0.710. The SMILES string of the molecule is C=CCC1=CCC(C(=O)C(Cl)(Cl)Cl)CN1C(=O)OC. The summed E-state index contributed by atoms with van der Waals surface area (Å²) in [5.41, 5.74) is 0.732. The fraction of sp³-hybridized carbons (Fsp3) is 0.500. The largest absolute Gasteiger partial charge is 0.452 e. The third-order valence-electron chi connectivity index (χ3n) is 2.79. The first kappa shape index (κ1) is 16.3. The number of rotatable bonds is 3. The van der Waals surface area contributed by atoms with Crippen molar-refractivity contribution >= 4 is 46.7 Å². The molecule has 0 saturated carbocycles. The molecule has 0 saturated heterocycles. The molecule has 1 heterocycles. The van der Waals surface area contributed by atoms with Gasteiger partial charge in [-0.25, -0.2) is 4.79 Å². The highest BCUT2D eigenvalue weighted by molar-refractivity contribution is 6.76. The number of carbonyl (C=O) groups excluding carboxylic acids is 2. The molecule has 1 amide bonds. The molecule has 19 heavy (non-hydrogen) atoms. The molecule has 4 nitrogen and oxygen atoms in total. The number of methoxy groups -OCH3 is 1. The lowest BCUT2D eigenvalue weighted by Crippen LogP contribution is -2.42. The van der Waals surface area contributed by atoms with E-state index in [2.05, 4.69) is 11.3 Å². The number of nitrogens with zero attached hydrogens (tertiary/aromatic N) is 1. The summed E-state index contributed by atoms with van der Waals surface area (Å²) >= 11 is 16.8. The van der Waals surface area contributed by atoms with Crippen LogP contribution >= 0.6 is 34.8 Å². The Kier molecular flexibility index (Phi) is 5.71. The number of hydrogen-bond donors (Lipinski definition) is 0. The van der Waals surface area contributed by atoms with Gasteiger partial charge in [-0.1, -0.05) is 47.0 Å². The van der Waals surface area contributed by atoms with Gasteiger partial charge in [0.1, 0.15) is 0 Å². The molecule has 0 aliphatic carbocycles. The van der Waals surface area contributed by atoms with Crippen LogP contribution in [-0.2, 0) is 9.53 Å². The van der Waals surface area contributed by atoms with E-state index in [1.807, 2.05) is 0 Å². The Morgan fingerprint density at radius 3 is 2.68 bits per heavy atom. The minimum atomic E-state index is -1.98. The highest BCUT2D eigenvalue weighted by atomic mass is 35.6. The van der Waals surface area contributed by atoms with Gasteiger partial charge in [-0.15, -0.1) is 6.58 Å². The molecule has 0 aromatic rings. The zero-order valence-corrected chi connectivity index (χ0v) is 12.6. The Morgan fingerprint density at radius 2 is 2.21 bits per heavy atom. The van der Waals surface area contributed by atoms with Crippen molar-refractivity contribution in [2.24, 2.45) is 5.92 Å². The molecule has 1 atom stereocenters. The lowest BCUT2D eigenvalue weighted by Gasteiger charge is -2.32. The van der Waals surface area contributed by atoms with Crippen LogP contribution in [0.1, 0.15) is 12.8 Å². The summed E-state index contributed by atoms with van der Waals surface area (Å²) in [7, 11) is 1.27. The van der Waals surface area contributed by atoms with Crippen LogP contribution in [0.3, 0.4) is 0 Å². The Morgan fingerprint density at radius 1 is 1.58 bits per heavy atom. The molecule has 0 bridgehead atoms. The highest BCUT2D eigenvalue weighted by Gasteiger charge is 2.39. The third-order valence-corrected chi connectivity index (χ3v) is 3.35. The van der Waals surface area contributed by atoms with Crippen molar-refractivity contribution in [2.75, 3.05) is 13.7 Å². The molecule has 0 aromatic carbocycles. The molecule has 1 rings (SSSR count). The number of carbonyl (C=O) groups is 2. The number of ether oxygens (including phenoxy) is 1. The van der Waals surface area contributed by atoms with Crippen molar-refractivity contribution < 1.29 is 14.3 Å². The summed E-state index contributed by atoms with van der Waals surface area (Å²) in [6.45, 7) is 3.76. The van der Waals surface area contributed by atoms with Gasteiger partial charge in [0.05, 0.1) is 7.11 Å². The Bertz CT molecular complexity index is 415. The second-order valence-corrected chi connectivity index (χ2v) is 6.34. The third kappa shape index (κ3) is 4.13. The van der Waals surface area contributed by atoms with Gasteiger partial charge in [-0.05, 0) is 6.42 Å². The highest BCUT2D eigenvalue weighted by Crippen LogP contribution is 2.34. The minimum Gasteiger partial charge on any atom is -0.452 e. The van der Waals surface area contributed by atoms with Gasteiger partial charge >= 0.3 is 6.09 Å². The predicted octanol–water partition coefficient (Wildman–Crippen LogP) is 3.47. The first-order chi connectivity index (χ1) is 8.81. The summed E-state index contributed by atoms with van der Waals surface area (Å²) < 4.78 is 2.71. The second kappa shape index (κ2) is 6.64. The van der Waals surface area contributed by atoms with Crippen LogP contribution in [0.2, 0.25) is 0 Å². The van der Waals surface area contributed by atoms with Crippen LogP contribution in [0.5, 0.6) is 0 Å². The normalized spacial score (nSPS) is 19.7. The van der Waals surface area contributed by atoms with E-state index in [4.69, 9.17) is 34.8 Å². The fourth-order valence-corrected chi connectivity index (χ4v) is 2.33. The van der Waals surface area contributed by atoms with Crippen molar-refractivity contribution in [2.45, 2.75) is 16.6 Å². The van der Waals surface area contributed by atoms with Crippen LogP contribution in [0.15, 0.2) is 24.4 Å². The average Bonchev–Trinajstić information content (AvgIpc) is 2.36. The second-order valence-electron chi connectivity index (χ2n) is 4.06. The fourth-order valence-electron chi connectivity index (χ4n) is 1.87. The molecule has 0 aromatic heterocycles. The van der Waals surface area contributed by atoms with Gasteiger partial charge in [0.15, 0.2) is 5.78 Å². The van der Waals surface area contributed by atoms with Crippen molar-refractivity contribution in [3.8, 4) is 0 Å². The number of halogens is 3. The first-order valence-electron chi connectivity index (χ1n) is 5.57. The molecule has 1 aliphatic rings. The van der Waals surface area contributed by atoms with E-state index in [9.17, 15) is 9.59 Å². The Labute approximate surface area is 126 Å². The molecule has 0 radical (unpaired) electrons. The van der Waals surface area contributed by atoms with E-state index >= 15 is 0 Å².